The second-order valence-corrected chi connectivity index (χ2v) is 9.01. The molecule has 0 atom stereocenters. The first-order valence-corrected chi connectivity index (χ1v) is 11.6. The Morgan fingerprint density at radius 1 is 1.03 bits per heavy atom. The SMILES string of the molecule is CCN(c1ccc(C(=O)NCCC2=CCCCC2)cc1)S(=O)(=O)c1ccccc1. The Morgan fingerprint density at radius 2 is 1.76 bits per heavy atom. The summed E-state index contributed by atoms with van der Waals surface area (Å²) in [5.41, 5.74) is 2.50. The predicted octanol–water partition coefficient (Wildman–Crippen LogP) is 4.52. The molecule has 0 bridgehead atoms. The molecular formula is C23H28N2O3S. The summed E-state index contributed by atoms with van der Waals surface area (Å²) in [6, 6.07) is 15.1. The topological polar surface area (TPSA) is 66.5 Å². The smallest absolute Gasteiger partial charge is 0.264 e. The Kier molecular flexibility index (Phi) is 7.09. The van der Waals surface area contributed by atoms with Gasteiger partial charge in [-0.05, 0) is 75.4 Å². The molecule has 3 rings (SSSR count). The number of amides is 1. The molecule has 0 unspecified atom stereocenters. The first-order valence-electron chi connectivity index (χ1n) is 10.2. The van der Waals surface area contributed by atoms with Crippen molar-refractivity contribution in [1.82, 2.24) is 5.32 Å². The van der Waals surface area contributed by atoms with E-state index in [1.807, 2.05) is 0 Å². The van der Waals surface area contributed by atoms with E-state index >= 15 is 0 Å². The van der Waals surface area contributed by atoms with Crippen LogP contribution in [0, 0.1) is 0 Å². The zero-order chi connectivity index (χ0) is 20.7. The lowest BCUT2D eigenvalue weighted by Gasteiger charge is -2.23. The summed E-state index contributed by atoms with van der Waals surface area (Å²) in [4.78, 5) is 12.6. The van der Waals surface area contributed by atoms with Crippen LogP contribution in [0.1, 0.15) is 49.4 Å². The maximum Gasteiger partial charge on any atom is 0.264 e. The molecule has 6 heteroatoms. The highest BCUT2D eigenvalue weighted by atomic mass is 32.2. The van der Waals surface area contributed by atoms with Gasteiger partial charge in [-0.25, -0.2) is 8.42 Å². The lowest BCUT2D eigenvalue weighted by Crippen LogP contribution is -2.31. The maximum atomic E-state index is 12.9. The Bertz CT molecular complexity index is 951. The molecule has 5 nitrogen and oxygen atoms in total. The van der Waals surface area contributed by atoms with Gasteiger partial charge in [0.1, 0.15) is 0 Å². The maximum absolute atomic E-state index is 12.9. The fourth-order valence-electron chi connectivity index (χ4n) is 3.56. The van der Waals surface area contributed by atoms with Gasteiger partial charge in [0.05, 0.1) is 10.6 Å². The van der Waals surface area contributed by atoms with E-state index in [0.717, 1.165) is 19.3 Å². The highest BCUT2D eigenvalue weighted by molar-refractivity contribution is 7.92. The molecule has 0 radical (unpaired) electrons. The molecule has 29 heavy (non-hydrogen) atoms. The van der Waals surface area contributed by atoms with Crippen molar-refractivity contribution in [2.75, 3.05) is 17.4 Å². The van der Waals surface area contributed by atoms with E-state index in [1.54, 1.807) is 61.5 Å². The fraction of sp³-hybridized carbons (Fsp3) is 0.348. The normalized spacial score (nSPS) is 14.2. The van der Waals surface area contributed by atoms with Crippen LogP contribution in [0.15, 0.2) is 71.1 Å². The van der Waals surface area contributed by atoms with Crippen molar-refractivity contribution >= 4 is 21.6 Å². The molecule has 2 aromatic carbocycles. The fourth-order valence-corrected chi connectivity index (χ4v) is 5.06. The van der Waals surface area contributed by atoms with E-state index < -0.39 is 10.0 Å². The van der Waals surface area contributed by atoms with Crippen molar-refractivity contribution in [2.45, 2.75) is 43.9 Å². The summed E-state index contributed by atoms with van der Waals surface area (Å²) in [7, 11) is -3.64. The van der Waals surface area contributed by atoms with Gasteiger partial charge in [0.25, 0.3) is 15.9 Å². The number of anilines is 1. The van der Waals surface area contributed by atoms with Gasteiger partial charge in [-0.2, -0.15) is 0 Å². The molecule has 1 N–H and O–H groups in total. The van der Waals surface area contributed by atoms with Crippen LogP contribution in [0.25, 0.3) is 0 Å². The van der Waals surface area contributed by atoms with Crippen LogP contribution in [-0.2, 0) is 10.0 Å². The quantitative estimate of drug-likeness (QED) is 0.648. The molecule has 1 amide bonds. The van der Waals surface area contributed by atoms with Crippen LogP contribution in [-0.4, -0.2) is 27.4 Å². The minimum atomic E-state index is -3.64. The average Bonchev–Trinajstić information content (AvgIpc) is 2.76. The number of allylic oxidation sites excluding steroid dienone is 1. The zero-order valence-electron chi connectivity index (χ0n) is 16.8. The molecule has 0 saturated heterocycles. The number of nitrogens with zero attached hydrogens (tertiary/aromatic N) is 1. The molecule has 1 aliphatic rings. The van der Waals surface area contributed by atoms with Crippen LogP contribution in [0.5, 0.6) is 0 Å². The van der Waals surface area contributed by atoms with Crippen LogP contribution >= 0.6 is 0 Å². The number of nitrogens with one attached hydrogen (secondary N) is 1. The summed E-state index contributed by atoms with van der Waals surface area (Å²) in [6.07, 6.45) is 7.95. The largest absolute Gasteiger partial charge is 0.352 e. The molecule has 0 spiro atoms. The third-order valence-corrected chi connectivity index (χ3v) is 7.07. The minimum absolute atomic E-state index is 0.137. The summed E-state index contributed by atoms with van der Waals surface area (Å²) in [6.45, 7) is 2.72. The lowest BCUT2D eigenvalue weighted by atomic mass is 9.97. The highest BCUT2D eigenvalue weighted by Crippen LogP contribution is 2.24. The van der Waals surface area contributed by atoms with Gasteiger partial charge < -0.3 is 5.32 Å². The summed E-state index contributed by atoms with van der Waals surface area (Å²) >= 11 is 0. The van der Waals surface area contributed by atoms with Crippen molar-refractivity contribution in [3.05, 3.63) is 71.8 Å². The third kappa shape index (κ3) is 5.26. The number of carbonyl (C=O) groups is 1. The standard InChI is InChI=1S/C23H28N2O3S/c1-2-25(29(27,28)22-11-7-4-8-12-22)21-15-13-20(14-16-21)23(26)24-18-17-19-9-5-3-6-10-19/h4,7-9,11-16H,2-3,5-6,10,17-18H2,1H3,(H,24,26). The minimum Gasteiger partial charge on any atom is -0.352 e. The highest BCUT2D eigenvalue weighted by Gasteiger charge is 2.23. The van der Waals surface area contributed by atoms with Crippen molar-refractivity contribution in [2.24, 2.45) is 0 Å². The third-order valence-electron chi connectivity index (χ3n) is 5.15. The van der Waals surface area contributed by atoms with Crippen molar-refractivity contribution in [1.29, 1.82) is 0 Å². The molecule has 2 aromatic rings. The second kappa shape index (κ2) is 9.74. The number of hydrogen-bond acceptors (Lipinski definition) is 3. The first-order chi connectivity index (χ1) is 14.0. The molecule has 0 saturated carbocycles. The molecule has 0 aliphatic heterocycles. The van der Waals surface area contributed by atoms with E-state index in [0.29, 0.717) is 24.3 Å². The number of hydrogen-bond donors (Lipinski definition) is 1. The molecule has 0 heterocycles. The van der Waals surface area contributed by atoms with Gasteiger partial charge in [0.2, 0.25) is 0 Å². The Labute approximate surface area is 173 Å². The predicted molar refractivity (Wildman–Crippen MR) is 117 cm³/mol. The van der Waals surface area contributed by atoms with E-state index in [9.17, 15) is 13.2 Å². The van der Waals surface area contributed by atoms with E-state index in [2.05, 4.69) is 11.4 Å². The van der Waals surface area contributed by atoms with Gasteiger partial charge in [-0.15, -0.1) is 0 Å². The van der Waals surface area contributed by atoms with Gasteiger partial charge in [0.15, 0.2) is 0 Å². The van der Waals surface area contributed by atoms with Gasteiger partial charge in [-0.3, -0.25) is 9.10 Å². The van der Waals surface area contributed by atoms with Crippen molar-refractivity contribution in [3.63, 3.8) is 0 Å². The Balaban J connectivity index is 1.65. The van der Waals surface area contributed by atoms with Crippen LogP contribution in [0.2, 0.25) is 0 Å². The molecule has 154 valence electrons. The van der Waals surface area contributed by atoms with Crippen molar-refractivity contribution in [3.8, 4) is 0 Å². The van der Waals surface area contributed by atoms with Crippen LogP contribution < -0.4 is 9.62 Å². The van der Waals surface area contributed by atoms with E-state index in [1.165, 1.54) is 22.7 Å². The monoisotopic (exact) mass is 412 g/mol. The molecule has 1 aliphatic carbocycles. The van der Waals surface area contributed by atoms with E-state index in [4.69, 9.17) is 0 Å². The second-order valence-electron chi connectivity index (χ2n) is 7.14. The number of sulfonamides is 1. The summed E-state index contributed by atoms with van der Waals surface area (Å²) in [5, 5.41) is 2.95. The van der Waals surface area contributed by atoms with E-state index in [-0.39, 0.29) is 10.8 Å². The molecule has 0 aromatic heterocycles. The first kappa shape index (κ1) is 21.1. The van der Waals surface area contributed by atoms with Gasteiger partial charge >= 0.3 is 0 Å². The summed E-state index contributed by atoms with van der Waals surface area (Å²) < 4.78 is 27.2. The molecular weight excluding hydrogens is 384 g/mol. The average molecular weight is 413 g/mol. The summed E-state index contributed by atoms with van der Waals surface area (Å²) in [5.74, 6) is -0.137. The van der Waals surface area contributed by atoms with Gasteiger partial charge in [0, 0.05) is 18.7 Å². The Morgan fingerprint density at radius 3 is 2.38 bits per heavy atom. The van der Waals surface area contributed by atoms with Crippen LogP contribution in [0.3, 0.4) is 0 Å². The lowest BCUT2D eigenvalue weighted by molar-refractivity contribution is 0.0954. The number of rotatable bonds is 8. The Hall–Kier alpha value is -2.60. The van der Waals surface area contributed by atoms with Gasteiger partial charge in [-0.1, -0.05) is 29.8 Å². The zero-order valence-corrected chi connectivity index (χ0v) is 17.6. The van der Waals surface area contributed by atoms with Crippen molar-refractivity contribution < 1.29 is 13.2 Å². The van der Waals surface area contributed by atoms with Crippen LogP contribution in [0.4, 0.5) is 5.69 Å². The number of carbonyl (C=O) groups excluding carboxylic acids is 1. The number of benzene rings is 2. The molecule has 0 fully saturated rings.